The molecule has 1 aliphatic rings. The highest BCUT2D eigenvalue weighted by Gasteiger charge is 2.27. The Labute approximate surface area is 168 Å². The van der Waals surface area contributed by atoms with E-state index in [4.69, 9.17) is 11.6 Å². The first kappa shape index (κ1) is 18.4. The van der Waals surface area contributed by atoms with Gasteiger partial charge in [-0.05, 0) is 55.7 Å². The molecule has 1 amide bonds. The van der Waals surface area contributed by atoms with Gasteiger partial charge in [0.15, 0.2) is 11.6 Å². The lowest BCUT2D eigenvalue weighted by Gasteiger charge is -2.32. The summed E-state index contributed by atoms with van der Waals surface area (Å²) in [7, 11) is 0. The minimum atomic E-state index is -0.110. The lowest BCUT2D eigenvalue weighted by atomic mass is 9.97. The third kappa shape index (κ3) is 3.99. The molecule has 1 unspecified atom stereocenters. The van der Waals surface area contributed by atoms with E-state index in [0.29, 0.717) is 17.4 Å². The molecule has 0 radical (unpaired) electrons. The molecule has 3 aromatic rings. The van der Waals surface area contributed by atoms with Crippen molar-refractivity contribution in [3.8, 4) is 5.82 Å². The highest BCUT2D eigenvalue weighted by atomic mass is 35.5. The van der Waals surface area contributed by atoms with Crippen molar-refractivity contribution in [1.82, 2.24) is 20.0 Å². The molecule has 28 heavy (non-hydrogen) atoms. The van der Waals surface area contributed by atoms with Gasteiger partial charge in [-0.3, -0.25) is 4.79 Å². The van der Waals surface area contributed by atoms with E-state index in [9.17, 15) is 4.79 Å². The number of aryl methyl sites for hydroxylation is 1. The molecule has 0 aliphatic carbocycles. The Balaban J connectivity index is 1.42. The molecule has 0 spiro atoms. The molecule has 7 nitrogen and oxygen atoms in total. The van der Waals surface area contributed by atoms with Crippen LogP contribution in [0.1, 0.15) is 18.4 Å². The summed E-state index contributed by atoms with van der Waals surface area (Å²) in [5.41, 5.74) is 1.71. The Kier molecular flexibility index (Phi) is 5.25. The number of carbonyl (C=O) groups excluding carboxylic acids is 1. The van der Waals surface area contributed by atoms with Gasteiger partial charge in [-0.1, -0.05) is 17.7 Å². The van der Waals surface area contributed by atoms with Crippen molar-refractivity contribution >= 4 is 29.0 Å². The predicted molar refractivity (Wildman–Crippen MR) is 109 cm³/mol. The molecule has 0 bridgehead atoms. The zero-order chi connectivity index (χ0) is 19.5. The second-order valence-electron chi connectivity index (χ2n) is 6.94. The number of nitrogens with one attached hydrogen (secondary N) is 1. The van der Waals surface area contributed by atoms with Crippen LogP contribution in [0, 0.1) is 12.8 Å². The largest absolute Gasteiger partial charge is 0.354 e. The van der Waals surface area contributed by atoms with Crippen LogP contribution in [-0.2, 0) is 4.79 Å². The second kappa shape index (κ2) is 7.98. The Hall–Kier alpha value is -2.93. The fourth-order valence-corrected chi connectivity index (χ4v) is 3.51. The Morgan fingerprint density at radius 1 is 1.21 bits per heavy atom. The lowest BCUT2D eigenvalue weighted by Crippen LogP contribution is -2.41. The van der Waals surface area contributed by atoms with Crippen molar-refractivity contribution in [2.45, 2.75) is 19.8 Å². The van der Waals surface area contributed by atoms with E-state index in [0.717, 1.165) is 36.5 Å². The van der Waals surface area contributed by atoms with Gasteiger partial charge < -0.3 is 10.2 Å². The van der Waals surface area contributed by atoms with Crippen LogP contribution >= 0.6 is 11.6 Å². The maximum absolute atomic E-state index is 12.7. The molecule has 8 heteroatoms. The summed E-state index contributed by atoms with van der Waals surface area (Å²) in [6, 6.07) is 11.2. The van der Waals surface area contributed by atoms with Gasteiger partial charge in [0, 0.05) is 36.2 Å². The maximum atomic E-state index is 12.7. The van der Waals surface area contributed by atoms with E-state index >= 15 is 0 Å². The van der Waals surface area contributed by atoms with Crippen molar-refractivity contribution in [3.05, 3.63) is 59.4 Å². The smallest absolute Gasteiger partial charge is 0.229 e. The topological polar surface area (TPSA) is 75.9 Å². The number of amides is 1. The lowest BCUT2D eigenvalue weighted by molar-refractivity contribution is -0.120. The number of benzene rings is 1. The fraction of sp³-hybridized carbons (Fsp3) is 0.300. The van der Waals surface area contributed by atoms with Crippen LogP contribution in [0.5, 0.6) is 0 Å². The van der Waals surface area contributed by atoms with Gasteiger partial charge in [0.05, 0.1) is 5.92 Å². The van der Waals surface area contributed by atoms with Crippen molar-refractivity contribution in [3.63, 3.8) is 0 Å². The molecule has 1 aromatic carbocycles. The highest BCUT2D eigenvalue weighted by Crippen LogP contribution is 2.24. The zero-order valence-corrected chi connectivity index (χ0v) is 16.3. The summed E-state index contributed by atoms with van der Waals surface area (Å²) in [6.45, 7) is 3.41. The van der Waals surface area contributed by atoms with E-state index < -0.39 is 0 Å². The fourth-order valence-electron chi connectivity index (χ4n) is 3.33. The standard InChI is InChI=1S/C20H21ClN6O/c1-14-5-6-16(12-17(14)21)23-20(28)15-4-2-10-26(13-15)18-7-8-19(25-24-18)27-11-3-9-22-27/h3,5-9,11-12,15H,2,4,10,13H2,1H3,(H,23,28). The van der Waals surface area contributed by atoms with Gasteiger partial charge in [0.25, 0.3) is 0 Å². The molecule has 144 valence electrons. The van der Waals surface area contributed by atoms with Crippen molar-refractivity contribution in [2.75, 3.05) is 23.3 Å². The molecule has 1 N–H and O–H groups in total. The van der Waals surface area contributed by atoms with Crippen molar-refractivity contribution in [1.29, 1.82) is 0 Å². The number of piperidine rings is 1. The van der Waals surface area contributed by atoms with Crippen molar-refractivity contribution < 1.29 is 4.79 Å². The third-order valence-electron chi connectivity index (χ3n) is 4.93. The minimum absolute atomic E-state index is 0.00531. The number of aromatic nitrogens is 4. The van der Waals surface area contributed by atoms with E-state index in [1.54, 1.807) is 16.9 Å². The number of carbonyl (C=O) groups is 1. The minimum Gasteiger partial charge on any atom is -0.354 e. The van der Waals surface area contributed by atoms with Crippen LogP contribution < -0.4 is 10.2 Å². The SMILES string of the molecule is Cc1ccc(NC(=O)C2CCCN(c3ccc(-n4cccn4)nn3)C2)cc1Cl. The summed E-state index contributed by atoms with van der Waals surface area (Å²) in [5, 5.41) is 16.4. The molecule has 0 saturated carbocycles. The van der Waals surface area contributed by atoms with Gasteiger partial charge in [0.1, 0.15) is 0 Å². The highest BCUT2D eigenvalue weighted by molar-refractivity contribution is 6.31. The molecule has 1 saturated heterocycles. The molecule has 2 aromatic heterocycles. The van der Waals surface area contributed by atoms with E-state index in [1.807, 2.05) is 43.5 Å². The average Bonchev–Trinajstić information content (AvgIpc) is 3.26. The Morgan fingerprint density at radius 3 is 2.75 bits per heavy atom. The van der Waals surface area contributed by atoms with Gasteiger partial charge in [0.2, 0.25) is 5.91 Å². The van der Waals surface area contributed by atoms with E-state index in [-0.39, 0.29) is 11.8 Å². The van der Waals surface area contributed by atoms with Gasteiger partial charge >= 0.3 is 0 Å². The first-order chi connectivity index (χ1) is 13.6. The normalized spacial score (nSPS) is 16.8. The summed E-state index contributed by atoms with van der Waals surface area (Å²) in [6.07, 6.45) is 5.29. The average molecular weight is 397 g/mol. The van der Waals surface area contributed by atoms with Crippen LogP contribution in [-0.4, -0.2) is 39.0 Å². The molecule has 4 rings (SSSR count). The zero-order valence-electron chi connectivity index (χ0n) is 15.5. The molecule has 1 atom stereocenters. The summed E-state index contributed by atoms with van der Waals surface area (Å²) < 4.78 is 1.66. The number of halogens is 1. The number of anilines is 2. The van der Waals surface area contributed by atoms with Gasteiger partial charge in [-0.25, -0.2) is 4.68 Å². The Bertz CT molecular complexity index is 957. The monoisotopic (exact) mass is 396 g/mol. The summed E-state index contributed by atoms with van der Waals surface area (Å²) in [4.78, 5) is 14.8. The number of hydrogen-bond acceptors (Lipinski definition) is 5. The molecule has 1 fully saturated rings. The van der Waals surface area contributed by atoms with Crippen molar-refractivity contribution in [2.24, 2.45) is 5.92 Å². The Morgan fingerprint density at radius 2 is 2.04 bits per heavy atom. The predicted octanol–water partition coefficient (Wildman–Crippen LogP) is 3.48. The van der Waals surface area contributed by atoms with Crippen LogP contribution in [0.3, 0.4) is 0 Å². The first-order valence-corrected chi connectivity index (χ1v) is 9.63. The number of rotatable bonds is 4. The van der Waals surface area contributed by atoms with E-state index in [2.05, 4.69) is 25.5 Å². The van der Waals surface area contributed by atoms with Crippen LogP contribution in [0.2, 0.25) is 5.02 Å². The number of nitrogens with zero attached hydrogens (tertiary/aromatic N) is 5. The molecule has 3 heterocycles. The van der Waals surface area contributed by atoms with Crippen LogP contribution in [0.4, 0.5) is 11.5 Å². The molecular formula is C20H21ClN6O. The first-order valence-electron chi connectivity index (χ1n) is 9.26. The molecule has 1 aliphatic heterocycles. The van der Waals surface area contributed by atoms with Crippen LogP contribution in [0.15, 0.2) is 48.8 Å². The number of hydrogen-bond donors (Lipinski definition) is 1. The summed E-state index contributed by atoms with van der Waals surface area (Å²) >= 11 is 6.16. The van der Waals surface area contributed by atoms with Crippen LogP contribution in [0.25, 0.3) is 5.82 Å². The third-order valence-corrected chi connectivity index (χ3v) is 5.34. The maximum Gasteiger partial charge on any atom is 0.229 e. The van der Waals surface area contributed by atoms with Gasteiger partial charge in [-0.15, -0.1) is 10.2 Å². The summed E-state index contributed by atoms with van der Waals surface area (Å²) in [5.74, 6) is 1.33. The quantitative estimate of drug-likeness (QED) is 0.730. The second-order valence-corrected chi connectivity index (χ2v) is 7.35. The van der Waals surface area contributed by atoms with Gasteiger partial charge in [-0.2, -0.15) is 5.10 Å². The molecular weight excluding hydrogens is 376 g/mol. The van der Waals surface area contributed by atoms with E-state index in [1.165, 1.54) is 0 Å².